The highest BCUT2D eigenvalue weighted by Crippen LogP contribution is 2.40. The van der Waals surface area contributed by atoms with Gasteiger partial charge in [0.05, 0.1) is 5.60 Å². The number of rotatable bonds is 6. The van der Waals surface area contributed by atoms with Crippen molar-refractivity contribution in [3.63, 3.8) is 0 Å². The van der Waals surface area contributed by atoms with E-state index >= 15 is 0 Å². The average molecular weight is 241 g/mol. The van der Waals surface area contributed by atoms with Crippen molar-refractivity contribution in [2.45, 2.75) is 57.1 Å². The molecule has 2 aliphatic rings. The third-order valence-electron chi connectivity index (χ3n) is 4.59. The highest BCUT2D eigenvalue weighted by Gasteiger charge is 2.40. The topological polar surface area (TPSA) is 30.5 Å². The highest BCUT2D eigenvalue weighted by molar-refractivity contribution is 4.95. The molecule has 0 radical (unpaired) electrons. The summed E-state index contributed by atoms with van der Waals surface area (Å²) in [5.41, 5.74) is 0.186. The van der Waals surface area contributed by atoms with Crippen molar-refractivity contribution in [3.05, 3.63) is 0 Å². The first-order valence-corrected chi connectivity index (χ1v) is 7.16. The first-order chi connectivity index (χ1) is 8.29. The fourth-order valence-corrected chi connectivity index (χ4v) is 3.25. The van der Waals surface area contributed by atoms with Gasteiger partial charge in [0.15, 0.2) is 0 Å². The van der Waals surface area contributed by atoms with Gasteiger partial charge in [-0.3, -0.25) is 0 Å². The minimum Gasteiger partial charge on any atom is -0.381 e. The van der Waals surface area contributed by atoms with Gasteiger partial charge in [-0.25, -0.2) is 0 Å². The number of ether oxygens (including phenoxy) is 2. The second-order valence-corrected chi connectivity index (χ2v) is 5.56. The van der Waals surface area contributed by atoms with Crippen LogP contribution in [0.15, 0.2) is 0 Å². The van der Waals surface area contributed by atoms with E-state index in [9.17, 15) is 0 Å². The lowest BCUT2D eigenvalue weighted by Gasteiger charge is -2.45. The van der Waals surface area contributed by atoms with Crippen LogP contribution in [0.5, 0.6) is 0 Å². The average Bonchev–Trinajstić information content (AvgIpc) is 2.33. The van der Waals surface area contributed by atoms with Gasteiger partial charge in [-0.1, -0.05) is 6.92 Å². The van der Waals surface area contributed by atoms with Gasteiger partial charge in [0.25, 0.3) is 0 Å². The molecule has 1 saturated carbocycles. The number of methoxy groups -OCH3 is 1. The van der Waals surface area contributed by atoms with Gasteiger partial charge >= 0.3 is 0 Å². The Morgan fingerprint density at radius 3 is 2.53 bits per heavy atom. The lowest BCUT2D eigenvalue weighted by molar-refractivity contribution is -0.0901. The standard InChI is InChI=1S/C14H27NO2/c1-3-15-13(12-5-9-17-10-6-12)11-14(16-2)7-4-8-14/h12-13,15H,3-11H2,1-2H3. The summed E-state index contributed by atoms with van der Waals surface area (Å²) in [6.45, 7) is 5.13. The van der Waals surface area contributed by atoms with E-state index in [-0.39, 0.29) is 5.60 Å². The Morgan fingerprint density at radius 1 is 1.35 bits per heavy atom. The van der Waals surface area contributed by atoms with Crippen LogP contribution < -0.4 is 5.32 Å². The van der Waals surface area contributed by atoms with Crippen molar-refractivity contribution in [2.24, 2.45) is 5.92 Å². The van der Waals surface area contributed by atoms with Crippen LogP contribution in [-0.2, 0) is 9.47 Å². The summed E-state index contributed by atoms with van der Waals surface area (Å²) < 4.78 is 11.2. The van der Waals surface area contributed by atoms with Crippen LogP contribution in [0.3, 0.4) is 0 Å². The van der Waals surface area contributed by atoms with Crippen LogP contribution in [0.25, 0.3) is 0 Å². The largest absolute Gasteiger partial charge is 0.381 e. The molecular formula is C14H27NO2. The molecule has 17 heavy (non-hydrogen) atoms. The Bertz CT molecular complexity index is 217. The molecule has 100 valence electrons. The van der Waals surface area contributed by atoms with Gasteiger partial charge in [-0.2, -0.15) is 0 Å². The minimum absolute atomic E-state index is 0.186. The summed E-state index contributed by atoms with van der Waals surface area (Å²) in [5, 5.41) is 3.67. The van der Waals surface area contributed by atoms with Crippen LogP contribution in [0, 0.1) is 5.92 Å². The Labute approximate surface area is 105 Å². The highest BCUT2D eigenvalue weighted by atomic mass is 16.5. The predicted molar refractivity (Wildman–Crippen MR) is 69.2 cm³/mol. The second kappa shape index (κ2) is 6.17. The zero-order valence-electron chi connectivity index (χ0n) is 11.3. The van der Waals surface area contributed by atoms with Crippen LogP contribution >= 0.6 is 0 Å². The van der Waals surface area contributed by atoms with E-state index in [0.29, 0.717) is 6.04 Å². The molecule has 1 N–H and O–H groups in total. The van der Waals surface area contributed by atoms with E-state index in [1.54, 1.807) is 0 Å². The fraction of sp³-hybridized carbons (Fsp3) is 1.00. The van der Waals surface area contributed by atoms with E-state index < -0.39 is 0 Å². The quantitative estimate of drug-likeness (QED) is 0.774. The summed E-state index contributed by atoms with van der Waals surface area (Å²) in [5.74, 6) is 0.774. The molecule has 0 aromatic rings. The first kappa shape index (κ1) is 13.3. The summed E-state index contributed by atoms with van der Waals surface area (Å²) in [4.78, 5) is 0. The van der Waals surface area contributed by atoms with Crippen molar-refractivity contribution in [3.8, 4) is 0 Å². The van der Waals surface area contributed by atoms with Crippen molar-refractivity contribution >= 4 is 0 Å². The van der Waals surface area contributed by atoms with Gasteiger partial charge in [0.2, 0.25) is 0 Å². The predicted octanol–water partition coefficient (Wildman–Crippen LogP) is 2.35. The van der Waals surface area contributed by atoms with Crippen molar-refractivity contribution < 1.29 is 9.47 Å². The molecule has 0 aromatic carbocycles. The Hall–Kier alpha value is -0.120. The van der Waals surface area contributed by atoms with Crippen LogP contribution in [0.1, 0.15) is 45.4 Å². The van der Waals surface area contributed by atoms with E-state index in [1.807, 2.05) is 7.11 Å². The molecule has 1 saturated heterocycles. The van der Waals surface area contributed by atoms with Crippen LogP contribution in [0.2, 0.25) is 0 Å². The molecule has 1 heterocycles. The molecule has 3 nitrogen and oxygen atoms in total. The Balaban J connectivity index is 1.91. The SMILES string of the molecule is CCNC(CC1(OC)CCC1)C1CCOCC1. The first-order valence-electron chi connectivity index (χ1n) is 7.16. The van der Waals surface area contributed by atoms with E-state index in [1.165, 1.54) is 38.5 Å². The van der Waals surface area contributed by atoms with Gasteiger partial charge in [0.1, 0.15) is 0 Å². The van der Waals surface area contributed by atoms with Crippen LogP contribution in [0.4, 0.5) is 0 Å². The van der Waals surface area contributed by atoms with Crippen molar-refractivity contribution in [1.29, 1.82) is 0 Å². The van der Waals surface area contributed by atoms with E-state index in [4.69, 9.17) is 9.47 Å². The summed E-state index contributed by atoms with van der Waals surface area (Å²) >= 11 is 0. The Morgan fingerprint density at radius 2 is 2.06 bits per heavy atom. The lowest BCUT2D eigenvalue weighted by Crippen LogP contribution is -2.49. The molecular weight excluding hydrogens is 214 g/mol. The van der Waals surface area contributed by atoms with Gasteiger partial charge < -0.3 is 14.8 Å². The second-order valence-electron chi connectivity index (χ2n) is 5.56. The molecule has 2 fully saturated rings. The number of hydrogen-bond donors (Lipinski definition) is 1. The molecule has 0 amide bonds. The van der Waals surface area contributed by atoms with Crippen LogP contribution in [-0.4, -0.2) is 38.5 Å². The molecule has 1 atom stereocenters. The molecule has 0 bridgehead atoms. The number of nitrogens with one attached hydrogen (secondary N) is 1. The molecule has 0 spiro atoms. The zero-order valence-corrected chi connectivity index (χ0v) is 11.3. The molecule has 1 aliphatic heterocycles. The maximum atomic E-state index is 5.77. The van der Waals surface area contributed by atoms with E-state index in [2.05, 4.69) is 12.2 Å². The Kier molecular flexibility index (Phi) is 4.83. The van der Waals surface area contributed by atoms with Crippen molar-refractivity contribution in [2.75, 3.05) is 26.9 Å². The smallest absolute Gasteiger partial charge is 0.0693 e. The minimum atomic E-state index is 0.186. The number of hydrogen-bond acceptors (Lipinski definition) is 3. The van der Waals surface area contributed by atoms with Crippen molar-refractivity contribution in [1.82, 2.24) is 5.32 Å². The third kappa shape index (κ3) is 3.21. The third-order valence-corrected chi connectivity index (χ3v) is 4.59. The van der Waals surface area contributed by atoms with Gasteiger partial charge in [-0.15, -0.1) is 0 Å². The molecule has 1 unspecified atom stereocenters. The molecule has 2 rings (SSSR count). The lowest BCUT2D eigenvalue weighted by atomic mass is 9.72. The molecule has 3 heteroatoms. The summed E-state index contributed by atoms with van der Waals surface area (Å²) in [6.07, 6.45) is 7.42. The maximum absolute atomic E-state index is 5.77. The normalized spacial score (nSPS) is 26.5. The zero-order chi connectivity index (χ0) is 12.1. The molecule has 1 aliphatic carbocycles. The molecule has 0 aromatic heterocycles. The summed E-state index contributed by atoms with van der Waals surface area (Å²) in [7, 11) is 1.88. The summed E-state index contributed by atoms with van der Waals surface area (Å²) in [6, 6.07) is 0.615. The fourth-order valence-electron chi connectivity index (χ4n) is 3.25. The van der Waals surface area contributed by atoms with Gasteiger partial charge in [0, 0.05) is 26.4 Å². The monoisotopic (exact) mass is 241 g/mol. The van der Waals surface area contributed by atoms with Gasteiger partial charge in [-0.05, 0) is 51.0 Å². The maximum Gasteiger partial charge on any atom is 0.0693 e. The van der Waals surface area contributed by atoms with E-state index in [0.717, 1.165) is 25.7 Å².